The molecule has 0 spiro atoms. The van der Waals surface area contributed by atoms with Gasteiger partial charge in [0.15, 0.2) is 0 Å². The molecule has 6 heteroatoms. The van der Waals surface area contributed by atoms with Gasteiger partial charge in [-0.25, -0.2) is 4.98 Å². The normalized spacial score (nSPS) is 18.3. The van der Waals surface area contributed by atoms with Gasteiger partial charge in [0.1, 0.15) is 0 Å². The molecule has 1 fully saturated rings. The second kappa shape index (κ2) is 8.05. The summed E-state index contributed by atoms with van der Waals surface area (Å²) in [6.45, 7) is 2.97. The van der Waals surface area contributed by atoms with Crippen molar-refractivity contribution in [3.05, 3.63) is 64.1 Å². The van der Waals surface area contributed by atoms with Crippen LogP contribution in [0.5, 0.6) is 0 Å². The largest absolute Gasteiger partial charge is 0.340 e. The molecule has 0 bridgehead atoms. The summed E-state index contributed by atoms with van der Waals surface area (Å²) in [4.78, 5) is 20.0. The van der Waals surface area contributed by atoms with Gasteiger partial charge >= 0.3 is 0 Å². The topological polar surface area (TPSA) is 50.5 Å². The van der Waals surface area contributed by atoms with Crippen molar-refractivity contribution in [2.24, 2.45) is 0 Å². The quantitative estimate of drug-likeness (QED) is 0.681. The van der Waals surface area contributed by atoms with Gasteiger partial charge in [-0.05, 0) is 24.8 Å². The monoisotopic (exact) mass is 380 g/mol. The maximum Gasteiger partial charge on any atom is 0.275 e. The van der Waals surface area contributed by atoms with Gasteiger partial charge in [0.05, 0.1) is 0 Å². The summed E-state index contributed by atoms with van der Waals surface area (Å²) in [6, 6.07) is 12.3. The van der Waals surface area contributed by atoms with Gasteiger partial charge in [0, 0.05) is 24.3 Å². The number of aromatic nitrogens is 3. The molecule has 0 amide bonds. The van der Waals surface area contributed by atoms with Crippen molar-refractivity contribution in [1.29, 1.82) is 0 Å². The van der Waals surface area contributed by atoms with E-state index < -0.39 is 0 Å². The van der Waals surface area contributed by atoms with Crippen LogP contribution in [0.4, 0.5) is 5.13 Å². The molecule has 4 rings (SSSR count). The van der Waals surface area contributed by atoms with E-state index in [2.05, 4.69) is 51.4 Å². The summed E-state index contributed by atoms with van der Waals surface area (Å²) in [5.41, 5.74) is 1.94. The highest BCUT2D eigenvalue weighted by Crippen LogP contribution is 2.28. The molecule has 0 radical (unpaired) electrons. The van der Waals surface area contributed by atoms with Crippen LogP contribution in [0.15, 0.2) is 47.3 Å². The first-order valence-electron chi connectivity index (χ1n) is 9.64. The summed E-state index contributed by atoms with van der Waals surface area (Å²) in [6.07, 6.45) is 9.91. The zero-order valence-electron chi connectivity index (χ0n) is 15.5. The van der Waals surface area contributed by atoms with Crippen molar-refractivity contribution in [3.63, 3.8) is 0 Å². The van der Waals surface area contributed by atoms with Crippen molar-refractivity contribution in [3.8, 4) is 0 Å². The van der Waals surface area contributed by atoms with E-state index in [1.165, 1.54) is 34.3 Å². The molecule has 3 heterocycles. The predicted octanol–water partition coefficient (Wildman–Crippen LogP) is 4.18. The summed E-state index contributed by atoms with van der Waals surface area (Å²) in [5, 5.41) is 5.50. The first kappa shape index (κ1) is 17.9. The standard InChI is InChI=1S/C21H24N4OS/c1-2-17-15-19(26)25-20(22-17)27-21(23-25)24-14-8-4-7-11-18(24)13-12-16-9-5-3-6-10-16/h3,5-6,9-10,12-13,15,18H,2,4,7-8,11,14H2,1H3/b13-12+. The molecular weight excluding hydrogens is 356 g/mol. The molecule has 1 aliphatic rings. The Hall–Kier alpha value is -2.47. The zero-order chi connectivity index (χ0) is 18.6. The number of anilines is 1. The van der Waals surface area contributed by atoms with E-state index >= 15 is 0 Å². The minimum absolute atomic E-state index is 0.0921. The van der Waals surface area contributed by atoms with Crippen LogP contribution in [0.25, 0.3) is 11.0 Å². The fraction of sp³-hybridized carbons (Fsp3) is 0.381. The highest BCUT2D eigenvalue weighted by atomic mass is 32.1. The lowest BCUT2D eigenvalue weighted by atomic mass is 10.1. The maximum atomic E-state index is 12.3. The van der Waals surface area contributed by atoms with Crippen molar-refractivity contribution in [2.75, 3.05) is 11.4 Å². The Balaban J connectivity index is 1.68. The zero-order valence-corrected chi connectivity index (χ0v) is 16.4. The summed E-state index contributed by atoms with van der Waals surface area (Å²) >= 11 is 1.51. The van der Waals surface area contributed by atoms with Gasteiger partial charge < -0.3 is 4.90 Å². The van der Waals surface area contributed by atoms with Gasteiger partial charge in [-0.1, -0.05) is 73.6 Å². The average Bonchev–Trinajstić information content (AvgIpc) is 2.98. The van der Waals surface area contributed by atoms with Crippen LogP contribution in [0, 0.1) is 0 Å². The summed E-state index contributed by atoms with van der Waals surface area (Å²) < 4.78 is 1.45. The molecule has 3 aromatic rings. The third kappa shape index (κ3) is 3.95. The summed E-state index contributed by atoms with van der Waals surface area (Å²) in [5.74, 6) is 0. The van der Waals surface area contributed by atoms with Crippen LogP contribution in [-0.4, -0.2) is 27.2 Å². The average molecular weight is 381 g/mol. The lowest BCUT2D eigenvalue weighted by Crippen LogP contribution is -2.33. The number of nitrogens with zero attached hydrogens (tertiary/aromatic N) is 4. The fourth-order valence-corrected chi connectivity index (χ4v) is 4.51. The van der Waals surface area contributed by atoms with E-state index in [0.717, 1.165) is 36.6 Å². The highest BCUT2D eigenvalue weighted by Gasteiger charge is 2.23. The smallest absolute Gasteiger partial charge is 0.275 e. The number of aryl methyl sites for hydroxylation is 1. The van der Waals surface area contributed by atoms with E-state index in [1.807, 2.05) is 13.0 Å². The van der Waals surface area contributed by atoms with Crippen LogP contribution in [0.2, 0.25) is 0 Å². The van der Waals surface area contributed by atoms with Crippen LogP contribution in [0.1, 0.15) is 43.9 Å². The molecule has 0 saturated carbocycles. The Bertz CT molecular complexity index is 992. The molecule has 1 atom stereocenters. The molecule has 1 aromatic carbocycles. The number of hydrogen-bond acceptors (Lipinski definition) is 5. The van der Waals surface area contributed by atoms with Crippen LogP contribution >= 0.6 is 11.3 Å². The highest BCUT2D eigenvalue weighted by molar-refractivity contribution is 7.20. The predicted molar refractivity (Wildman–Crippen MR) is 112 cm³/mol. The number of fused-ring (bicyclic) bond motifs is 1. The number of rotatable bonds is 4. The molecular formula is C21H24N4OS. The van der Waals surface area contributed by atoms with E-state index in [1.54, 1.807) is 6.07 Å². The Kier molecular flexibility index (Phi) is 5.34. The minimum Gasteiger partial charge on any atom is -0.340 e. The van der Waals surface area contributed by atoms with Gasteiger partial charge in [0.25, 0.3) is 5.56 Å². The van der Waals surface area contributed by atoms with Crippen molar-refractivity contribution < 1.29 is 0 Å². The molecule has 27 heavy (non-hydrogen) atoms. The van der Waals surface area contributed by atoms with Crippen molar-refractivity contribution in [1.82, 2.24) is 14.6 Å². The third-order valence-corrected chi connectivity index (χ3v) is 5.95. The molecule has 1 saturated heterocycles. The van der Waals surface area contributed by atoms with E-state index in [4.69, 9.17) is 0 Å². The third-order valence-electron chi connectivity index (χ3n) is 5.00. The molecule has 140 valence electrons. The molecule has 1 unspecified atom stereocenters. The number of hydrogen-bond donors (Lipinski definition) is 0. The van der Waals surface area contributed by atoms with Crippen molar-refractivity contribution in [2.45, 2.75) is 45.1 Å². The van der Waals surface area contributed by atoms with E-state index in [-0.39, 0.29) is 11.6 Å². The van der Waals surface area contributed by atoms with Crippen LogP contribution in [-0.2, 0) is 6.42 Å². The minimum atomic E-state index is -0.0921. The van der Waals surface area contributed by atoms with Gasteiger partial charge in [-0.2, -0.15) is 4.52 Å². The van der Waals surface area contributed by atoms with Crippen LogP contribution < -0.4 is 10.5 Å². The SMILES string of the molecule is CCc1cc(=O)n2nc(N3CCCCCC3/C=C/c3ccccc3)sc2n1. The first-order valence-corrected chi connectivity index (χ1v) is 10.5. The molecule has 2 aromatic heterocycles. The van der Waals surface area contributed by atoms with Gasteiger partial charge in [-0.3, -0.25) is 4.79 Å². The molecule has 1 aliphatic heterocycles. The molecule has 0 aliphatic carbocycles. The second-order valence-electron chi connectivity index (χ2n) is 6.90. The Morgan fingerprint density at radius 2 is 2.07 bits per heavy atom. The lowest BCUT2D eigenvalue weighted by Gasteiger charge is -2.26. The first-order chi connectivity index (χ1) is 13.2. The van der Waals surface area contributed by atoms with E-state index in [0.29, 0.717) is 4.96 Å². The maximum absolute atomic E-state index is 12.3. The lowest BCUT2D eigenvalue weighted by molar-refractivity contribution is 0.659. The Morgan fingerprint density at radius 3 is 2.89 bits per heavy atom. The number of benzene rings is 1. The van der Waals surface area contributed by atoms with Gasteiger partial charge in [0.2, 0.25) is 10.1 Å². The summed E-state index contributed by atoms with van der Waals surface area (Å²) in [7, 11) is 0. The fourth-order valence-electron chi connectivity index (χ4n) is 3.50. The van der Waals surface area contributed by atoms with E-state index in [9.17, 15) is 4.79 Å². The molecule has 0 N–H and O–H groups in total. The van der Waals surface area contributed by atoms with Crippen LogP contribution in [0.3, 0.4) is 0 Å². The second-order valence-corrected chi connectivity index (χ2v) is 7.83. The Labute approximate surface area is 163 Å². The van der Waals surface area contributed by atoms with Gasteiger partial charge in [-0.15, -0.1) is 5.10 Å². The Morgan fingerprint density at radius 1 is 1.22 bits per heavy atom. The molecule has 5 nitrogen and oxygen atoms in total. The van der Waals surface area contributed by atoms with Crippen molar-refractivity contribution >= 4 is 27.5 Å².